The van der Waals surface area contributed by atoms with E-state index in [0.717, 1.165) is 22.6 Å². The zero-order chi connectivity index (χ0) is 18.7. The van der Waals surface area contributed by atoms with Crippen LogP contribution in [-0.2, 0) is 16.1 Å². The molecule has 1 saturated heterocycles. The molecule has 2 amide bonds. The molecule has 1 fully saturated rings. The molecule has 0 aromatic heterocycles. The average molecular weight is 373 g/mol. The Labute approximate surface area is 157 Å². The molecule has 0 spiro atoms. The van der Waals surface area contributed by atoms with Crippen LogP contribution in [0.4, 0.5) is 5.69 Å². The van der Waals surface area contributed by atoms with Crippen molar-refractivity contribution in [1.29, 1.82) is 0 Å². The zero-order valence-corrected chi connectivity index (χ0v) is 15.5. The minimum Gasteiger partial charge on any atom is -0.496 e. The Bertz CT molecular complexity index is 838. The van der Waals surface area contributed by atoms with Crippen LogP contribution in [0, 0.1) is 12.8 Å². The van der Waals surface area contributed by atoms with Gasteiger partial charge >= 0.3 is 0 Å². The predicted octanol–water partition coefficient (Wildman–Crippen LogP) is 3.33. The summed E-state index contributed by atoms with van der Waals surface area (Å²) >= 11 is 6.16. The van der Waals surface area contributed by atoms with Crippen LogP contribution in [0.5, 0.6) is 5.75 Å². The van der Waals surface area contributed by atoms with Crippen LogP contribution < -0.4 is 15.0 Å². The van der Waals surface area contributed by atoms with Crippen molar-refractivity contribution in [2.45, 2.75) is 19.9 Å². The van der Waals surface area contributed by atoms with E-state index in [0.29, 0.717) is 18.1 Å². The maximum atomic E-state index is 12.5. The molecule has 1 aliphatic heterocycles. The first-order valence-corrected chi connectivity index (χ1v) is 8.83. The molecule has 2 aromatic rings. The molecule has 1 N–H and O–H groups in total. The van der Waals surface area contributed by atoms with Gasteiger partial charge in [-0.1, -0.05) is 35.9 Å². The Morgan fingerprint density at radius 2 is 2.08 bits per heavy atom. The minimum absolute atomic E-state index is 0.0673. The molecule has 1 atom stereocenters. The average Bonchev–Trinajstić information content (AvgIpc) is 3.04. The number of nitrogens with one attached hydrogen (secondary N) is 1. The lowest BCUT2D eigenvalue weighted by atomic mass is 10.1. The summed E-state index contributed by atoms with van der Waals surface area (Å²) in [7, 11) is 1.60. The van der Waals surface area contributed by atoms with Crippen molar-refractivity contribution in [3.05, 3.63) is 58.6 Å². The number of ether oxygens (including phenoxy) is 1. The summed E-state index contributed by atoms with van der Waals surface area (Å²) in [5.74, 6) is 0.149. The van der Waals surface area contributed by atoms with Crippen LogP contribution >= 0.6 is 11.6 Å². The molecular weight excluding hydrogens is 352 g/mol. The van der Waals surface area contributed by atoms with Gasteiger partial charge in [-0.25, -0.2) is 0 Å². The number of nitrogens with zero attached hydrogens (tertiary/aromatic N) is 1. The summed E-state index contributed by atoms with van der Waals surface area (Å²) in [6.45, 7) is 2.63. The standard InChI is InChI=1S/C20H21ClN2O3/c1-13-7-8-16(10-17(13)21)23-12-15(9-19(23)24)20(25)22-11-14-5-3-4-6-18(14)26-2/h3-8,10,15H,9,11-12H2,1-2H3,(H,22,25)/t15-/m0/s1. The molecule has 1 aliphatic rings. The summed E-state index contributed by atoms with van der Waals surface area (Å²) in [6, 6.07) is 13.0. The Hall–Kier alpha value is -2.53. The zero-order valence-electron chi connectivity index (χ0n) is 14.8. The molecule has 1 heterocycles. The third kappa shape index (κ3) is 3.83. The maximum Gasteiger partial charge on any atom is 0.227 e. The van der Waals surface area contributed by atoms with Crippen molar-refractivity contribution in [3.63, 3.8) is 0 Å². The Morgan fingerprint density at radius 3 is 2.81 bits per heavy atom. The lowest BCUT2D eigenvalue weighted by molar-refractivity contribution is -0.126. The maximum absolute atomic E-state index is 12.5. The second-order valence-electron chi connectivity index (χ2n) is 6.37. The molecule has 0 radical (unpaired) electrons. The van der Waals surface area contributed by atoms with Crippen molar-refractivity contribution in [1.82, 2.24) is 5.32 Å². The SMILES string of the molecule is COc1ccccc1CNC(=O)[C@H]1CC(=O)N(c2ccc(C)c(Cl)c2)C1. The Balaban J connectivity index is 1.64. The van der Waals surface area contributed by atoms with E-state index in [1.54, 1.807) is 18.1 Å². The summed E-state index contributed by atoms with van der Waals surface area (Å²) < 4.78 is 5.29. The highest BCUT2D eigenvalue weighted by Gasteiger charge is 2.35. The van der Waals surface area contributed by atoms with Gasteiger partial charge in [-0.3, -0.25) is 9.59 Å². The largest absolute Gasteiger partial charge is 0.496 e. The topological polar surface area (TPSA) is 58.6 Å². The summed E-state index contributed by atoms with van der Waals surface area (Å²) in [6.07, 6.45) is 0.198. The first-order chi connectivity index (χ1) is 12.5. The third-order valence-corrected chi connectivity index (χ3v) is 5.02. The van der Waals surface area contributed by atoms with Crippen LogP contribution in [0.25, 0.3) is 0 Å². The van der Waals surface area contributed by atoms with E-state index in [-0.39, 0.29) is 24.2 Å². The smallest absolute Gasteiger partial charge is 0.227 e. The number of anilines is 1. The van der Waals surface area contributed by atoms with Gasteiger partial charge in [0.25, 0.3) is 0 Å². The quantitative estimate of drug-likeness (QED) is 0.875. The van der Waals surface area contributed by atoms with Crippen molar-refractivity contribution in [2.75, 3.05) is 18.6 Å². The molecular formula is C20H21ClN2O3. The highest BCUT2D eigenvalue weighted by atomic mass is 35.5. The van der Waals surface area contributed by atoms with Crippen molar-refractivity contribution >= 4 is 29.1 Å². The monoisotopic (exact) mass is 372 g/mol. The van der Waals surface area contributed by atoms with Gasteiger partial charge in [-0.05, 0) is 30.7 Å². The normalized spacial score (nSPS) is 16.7. The number of amides is 2. The van der Waals surface area contributed by atoms with E-state index in [9.17, 15) is 9.59 Å². The van der Waals surface area contributed by atoms with Gasteiger partial charge in [-0.15, -0.1) is 0 Å². The summed E-state index contributed by atoms with van der Waals surface area (Å²) in [5, 5.41) is 3.52. The fourth-order valence-electron chi connectivity index (χ4n) is 3.06. The summed E-state index contributed by atoms with van der Waals surface area (Å²) in [5.41, 5.74) is 2.58. The van der Waals surface area contributed by atoms with Crippen LogP contribution in [0.3, 0.4) is 0 Å². The minimum atomic E-state index is -0.378. The van der Waals surface area contributed by atoms with Gasteiger partial charge in [-0.2, -0.15) is 0 Å². The third-order valence-electron chi connectivity index (χ3n) is 4.61. The van der Waals surface area contributed by atoms with E-state index in [1.807, 2.05) is 43.3 Å². The molecule has 26 heavy (non-hydrogen) atoms. The van der Waals surface area contributed by atoms with Crippen LogP contribution in [0.1, 0.15) is 17.5 Å². The molecule has 5 nitrogen and oxygen atoms in total. The Morgan fingerprint density at radius 1 is 1.31 bits per heavy atom. The van der Waals surface area contributed by atoms with Gasteiger partial charge in [0, 0.05) is 35.8 Å². The molecule has 0 bridgehead atoms. The van der Waals surface area contributed by atoms with Gasteiger partial charge in [0.05, 0.1) is 13.0 Å². The van der Waals surface area contributed by atoms with Crippen molar-refractivity contribution < 1.29 is 14.3 Å². The lowest BCUT2D eigenvalue weighted by Gasteiger charge is -2.17. The Kier molecular flexibility index (Phi) is 5.47. The van der Waals surface area contributed by atoms with Gasteiger partial charge in [0.15, 0.2) is 0 Å². The van der Waals surface area contributed by atoms with Gasteiger partial charge in [0.2, 0.25) is 11.8 Å². The highest BCUT2D eigenvalue weighted by molar-refractivity contribution is 6.31. The number of carbonyl (C=O) groups excluding carboxylic acids is 2. The molecule has 3 rings (SSSR count). The van der Waals surface area contributed by atoms with Crippen molar-refractivity contribution in [2.24, 2.45) is 5.92 Å². The van der Waals surface area contributed by atoms with E-state index in [4.69, 9.17) is 16.3 Å². The number of aryl methyl sites for hydroxylation is 1. The molecule has 0 unspecified atom stereocenters. The number of benzene rings is 2. The molecule has 6 heteroatoms. The first kappa shape index (κ1) is 18.3. The van der Waals surface area contributed by atoms with Gasteiger partial charge < -0.3 is 15.0 Å². The first-order valence-electron chi connectivity index (χ1n) is 8.45. The highest BCUT2D eigenvalue weighted by Crippen LogP contribution is 2.29. The lowest BCUT2D eigenvalue weighted by Crippen LogP contribution is -2.32. The predicted molar refractivity (Wildman–Crippen MR) is 101 cm³/mol. The second-order valence-corrected chi connectivity index (χ2v) is 6.78. The molecule has 0 saturated carbocycles. The second kappa shape index (κ2) is 7.79. The summed E-state index contributed by atoms with van der Waals surface area (Å²) in [4.78, 5) is 26.5. The number of para-hydroxylation sites is 1. The fourth-order valence-corrected chi connectivity index (χ4v) is 3.23. The van der Waals surface area contributed by atoms with E-state index in [1.165, 1.54) is 0 Å². The number of carbonyl (C=O) groups is 2. The van der Waals surface area contributed by atoms with E-state index in [2.05, 4.69) is 5.32 Å². The van der Waals surface area contributed by atoms with Gasteiger partial charge in [0.1, 0.15) is 5.75 Å². The molecule has 136 valence electrons. The van der Waals surface area contributed by atoms with Crippen LogP contribution in [-0.4, -0.2) is 25.5 Å². The molecule has 0 aliphatic carbocycles. The number of methoxy groups -OCH3 is 1. The van der Waals surface area contributed by atoms with Crippen molar-refractivity contribution in [3.8, 4) is 5.75 Å². The fraction of sp³-hybridized carbons (Fsp3) is 0.300. The van der Waals surface area contributed by atoms with Crippen LogP contribution in [0.2, 0.25) is 5.02 Å². The number of hydrogen-bond acceptors (Lipinski definition) is 3. The molecule has 2 aromatic carbocycles. The van der Waals surface area contributed by atoms with E-state index >= 15 is 0 Å². The number of halogens is 1. The number of hydrogen-bond donors (Lipinski definition) is 1. The number of rotatable bonds is 5. The van der Waals surface area contributed by atoms with Crippen LogP contribution in [0.15, 0.2) is 42.5 Å². The van der Waals surface area contributed by atoms with E-state index < -0.39 is 0 Å².